The second-order valence-electron chi connectivity index (χ2n) is 8.03. The Hall–Kier alpha value is -1.63. The van der Waals surface area contributed by atoms with Crippen LogP contribution in [0.15, 0.2) is 64.0 Å². The third kappa shape index (κ3) is 3.21. The molecule has 0 bridgehead atoms. The van der Waals surface area contributed by atoms with E-state index in [1.54, 1.807) is 6.07 Å². The number of sulfonamides is 1. The minimum atomic E-state index is -3.46. The Balaban J connectivity index is 1.49. The molecule has 1 fully saturated rings. The van der Waals surface area contributed by atoms with E-state index in [1.165, 1.54) is 5.56 Å². The summed E-state index contributed by atoms with van der Waals surface area (Å²) in [6.07, 6.45) is 8.45. The maximum absolute atomic E-state index is 12.8. The van der Waals surface area contributed by atoms with E-state index in [-0.39, 0.29) is 18.0 Å². The molecule has 2 aromatic carbocycles. The van der Waals surface area contributed by atoms with Gasteiger partial charge >= 0.3 is 0 Å². The molecular weight excluding hydrogens is 436 g/mol. The van der Waals surface area contributed by atoms with Crippen LogP contribution in [0.3, 0.4) is 0 Å². The highest BCUT2D eigenvalue weighted by atomic mass is 79.9. The molecule has 2 aliphatic carbocycles. The van der Waals surface area contributed by atoms with Gasteiger partial charge in [0.15, 0.2) is 0 Å². The number of nitrogens with one attached hydrogen (secondary N) is 2. The maximum atomic E-state index is 12.8. The number of hydrogen-bond acceptors (Lipinski definition) is 3. The number of rotatable bonds is 4. The van der Waals surface area contributed by atoms with Gasteiger partial charge in [-0.25, -0.2) is 13.1 Å². The molecule has 0 aromatic heterocycles. The molecular formula is C22H23BrN2O2S. The molecule has 1 aliphatic heterocycles. The monoisotopic (exact) mass is 458 g/mol. The number of benzene rings is 2. The molecule has 2 N–H and O–H groups in total. The van der Waals surface area contributed by atoms with Crippen molar-refractivity contribution in [3.8, 4) is 0 Å². The van der Waals surface area contributed by atoms with E-state index in [0.717, 1.165) is 41.4 Å². The lowest BCUT2D eigenvalue weighted by atomic mass is 9.77. The van der Waals surface area contributed by atoms with Gasteiger partial charge in [-0.2, -0.15) is 0 Å². The Kier molecular flexibility index (Phi) is 4.61. The smallest absolute Gasteiger partial charge is 0.240 e. The normalized spacial score (nSPS) is 26.2. The van der Waals surface area contributed by atoms with Crippen LogP contribution in [0.4, 0.5) is 5.69 Å². The topological polar surface area (TPSA) is 58.2 Å². The molecule has 1 saturated carbocycles. The van der Waals surface area contributed by atoms with Crippen LogP contribution in [0.2, 0.25) is 0 Å². The molecule has 0 amide bonds. The van der Waals surface area contributed by atoms with Gasteiger partial charge in [-0.15, -0.1) is 0 Å². The van der Waals surface area contributed by atoms with E-state index in [2.05, 4.69) is 62.4 Å². The van der Waals surface area contributed by atoms with Crippen molar-refractivity contribution in [1.82, 2.24) is 4.72 Å². The molecule has 0 radical (unpaired) electrons. The fourth-order valence-electron chi connectivity index (χ4n) is 4.55. The third-order valence-corrected chi connectivity index (χ3v) is 8.35. The van der Waals surface area contributed by atoms with E-state index < -0.39 is 10.0 Å². The van der Waals surface area contributed by atoms with Crippen molar-refractivity contribution in [3.05, 3.63) is 70.2 Å². The average Bonchev–Trinajstić information content (AvgIpc) is 3.15. The van der Waals surface area contributed by atoms with Gasteiger partial charge in [0.05, 0.1) is 10.9 Å². The van der Waals surface area contributed by atoms with Crippen LogP contribution in [0.25, 0.3) is 0 Å². The Labute approximate surface area is 174 Å². The van der Waals surface area contributed by atoms with Crippen molar-refractivity contribution in [1.29, 1.82) is 0 Å². The number of fused-ring (bicyclic) bond motifs is 3. The van der Waals surface area contributed by atoms with E-state index in [0.29, 0.717) is 10.8 Å². The van der Waals surface area contributed by atoms with Crippen LogP contribution in [-0.2, 0) is 10.0 Å². The van der Waals surface area contributed by atoms with Gasteiger partial charge in [0, 0.05) is 22.1 Å². The largest absolute Gasteiger partial charge is 0.378 e. The van der Waals surface area contributed by atoms with Crippen LogP contribution < -0.4 is 10.0 Å². The molecule has 2 aromatic rings. The molecule has 3 atom stereocenters. The summed E-state index contributed by atoms with van der Waals surface area (Å²) in [5.74, 6) is 0.634. The van der Waals surface area contributed by atoms with Gasteiger partial charge in [-0.1, -0.05) is 46.6 Å². The van der Waals surface area contributed by atoms with Crippen LogP contribution in [0.5, 0.6) is 0 Å². The highest BCUT2D eigenvalue weighted by Crippen LogP contribution is 2.50. The molecule has 1 heterocycles. The van der Waals surface area contributed by atoms with E-state index >= 15 is 0 Å². The zero-order valence-electron chi connectivity index (χ0n) is 15.4. The van der Waals surface area contributed by atoms with Gasteiger partial charge in [-0.05, 0) is 66.6 Å². The Morgan fingerprint density at radius 3 is 2.57 bits per heavy atom. The Morgan fingerprint density at radius 2 is 1.86 bits per heavy atom. The number of hydrogen-bond donors (Lipinski definition) is 2. The van der Waals surface area contributed by atoms with Crippen LogP contribution in [0, 0.1) is 5.92 Å². The van der Waals surface area contributed by atoms with Crippen molar-refractivity contribution in [2.24, 2.45) is 5.92 Å². The lowest BCUT2D eigenvalue weighted by Gasteiger charge is -2.38. The number of allylic oxidation sites excluding steroid dienone is 2. The summed E-state index contributed by atoms with van der Waals surface area (Å²) in [5.41, 5.74) is 3.38. The number of anilines is 1. The molecule has 146 valence electrons. The summed E-state index contributed by atoms with van der Waals surface area (Å²) in [6.45, 7) is 0. The first-order chi connectivity index (χ1) is 13.5. The molecule has 3 aliphatic rings. The molecule has 5 rings (SSSR count). The third-order valence-electron chi connectivity index (χ3n) is 6.30. The zero-order chi connectivity index (χ0) is 19.3. The first kappa shape index (κ1) is 18.4. The fraction of sp³-hybridized carbons (Fsp3) is 0.364. The fourth-order valence-corrected chi connectivity index (χ4v) is 6.16. The van der Waals surface area contributed by atoms with Gasteiger partial charge in [0.2, 0.25) is 10.0 Å². The second kappa shape index (κ2) is 7.01. The summed E-state index contributed by atoms with van der Waals surface area (Å²) in [6, 6.07) is 14.3. The van der Waals surface area contributed by atoms with Gasteiger partial charge < -0.3 is 5.32 Å². The maximum Gasteiger partial charge on any atom is 0.240 e. The quantitative estimate of drug-likeness (QED) is 0.625. The second-order valence-corrected chi connectivity index (χ2v) is 10.7. The van der Waals surface area contributed by atoms with Crippen LogP contribution in [0.1, 0.15) is 48.8 Å². The molecule has 6 heteroatoms. The van der Waals surface area contributed by atoms with Crippen LogP contribution >= 0.6 is 15.9 Å². The minimum Gasteiger partial charge on any atom is -0.378 e. The lowest BCUT2D eigenvalue weighted by molar-refractivity contribution is 0.383. The highest BCUT2D eigenvalue weighted by Gasteiger charge is 2.38. The first-order valence-corrected chi connectivity index (χ1v) is 12.1. The summed E-state index contributed by atoms with van der Waals surface area (Å²) < 4.78 is 29.5. The molecule has 0 saturated heterocycles. The first-order valence-electron chi connectivity index (χ1n) is 9.86. The lowest BCUT2D eigenvalue weighted by Crippen LogP contribution is -2.39. The van der Waals surface area contributed by atoms with Gasteiger partial charge in [-0.3, -0.25) is 0 Å². The van der Waals surface area contributed by atoms with Crippen LogP contribution in [-0.4, -0.2) is 14.5 Å². The minimum absolute atomic E-state index is 0.0973. The molecule has 4 nitrogen and oxygen atoms in total. The van der Waals surface area contributed by atoms with Crippen molar-refractivity contribution >= 4 is 31.6 Å². The van der Waals surface area contributed by atoms with Gasteiger partial charge in [0.25, 0.3) is 0 Å². The van der Waals surface area contributed by atoms with Crippen molar-refractivity contribution in [3.63, 3.8) is 0 Å². The molecule has 3 unspecified atom stereocenters. The SMILES string of the molecule is O=S(=O)(NC1CCC1)c1ccc2c(c1)C1C=CCC1C(c1ccc(Br)cc1)N2. The standard InChI is InChI=1S/C22H23BrN2O2S/c23-15-9-7-14(8-10-15)22-19-6-2-5-18(19)20-13-17(11-12-21(20)24-22)28(26,27)25-16-3-1-4-16/h2,5,7-13,16,18-19,22,24-25H,1,3-4,6H2. The van der Waals surface area contributed by atoms with E-state index in [1.807, 2.05) is 12.1 Å². The van der Waals surface area contributed by atoms with Crippen molar-refractivity contribution in [2.75, 3.05) is 5.32 Å². The van der Waals surface area contributed by atoms with E-state index in [9.17, 15) is 8.42 Å². The summed E-state index contributed by atoms with van der Waals surface area (Å²) >= 11 is 3.51. The Bertz CT molecular complexity index is 1030. The number of halogens is 1. The predicted octanol–water partition coefficient (Wildman–Crippen LogP) is 5.11. The van der Waals surface area contributed by atoms with Crippen molar-refractivity contribution < 1.29 is 8.42 Å². The molecule has 28 heavy (non-hydrogen) atoms. The summed E-state index contributed by atoms with van der Waals surface area (Å²) in [7, 11) is -3.46. The summed E-state index contributed by atoms with van der Waals surface area (Å²) in [4.78, 5) is 0.376. The highest BCUT2D eigenvalue weighted by molar-refractivity contribution is 9.10. The van der Waals surface area contributed by atoms with Gasteiger partial charge in [0.1, 0.15) is 0 Å². The zero-order valence-corrected chi connectivity index (χ0v) is 17.8. The van der Waals surface area contributed by atoms with E-state index in [4.69, 9.17) is 0 Å². The Morgan fingerprint density at radius 1 is 1.07 bits per heavy atom. The summed E-state index contributed by atoms with van der Waals surface area (Å²) in [5, 5.41) is 3.68. The predicted molar refractivity (Wildman–Crippen MR) is 115 cm³/mol. The average molecular weight is 459 g/mol. The molecule has 0 spiro atoms. The van der Waals surface area contributed by atoms with Crippen molar-refractivity contribution in [2.45, 2.75) is 48.6 Å².